The fourth-order valence-electron chi connectivity index (χ4n) is 3.10. The molecule has 1 unspecified atom stereocenters. The molecule has 1 fully saturated rings. The van der Waals surface area contributed by atoms with Gasteiger partial charge in [0.15, 0.2) is 0 Å². The van der Waals surface area contributed by atoms with E-state index in [2.05, 4.69) is 29.8 Å². The number of hydrogen-bond acceptors (Lipinski definition) is 4. The van der Waals surface area contributed by atoms with Crippen molar-refractivity contribution >= 4 is 21.6 Å². The highest BCUT2D eigenvalue weighted by atomic mass is 32.1. The SMILES string of the molecule is CC(C)(C(O)Cc1nc2ccccc2s1)N1CCCCC1. The molecule has 3 nitrogen and oxygen atoms in total. The highest BCUT2D eigenvalue weighted by molar-refractivity contribution is 7.18. The maximum atomic E-state index is 10.7. The summed E-state index contributed by atoms with van der Waals surface area (Å²) in [6.07, 6.45) is 4.08. The number of aliphatic hydroxyl groups is 1. The van der Waals surface area contributed by atoms with Gasteiger partial charge in [0, 0.05) is 12.0 Å². The third-order valence-electron chi connectivity index (χ3n) is 4.69. The maximum absolute atomic E-state index is 10.7. The number of thiazole rings is 1. The van der Waals surface area contributed by atoms with Crippen LogP contribution in [0.2, 0.25) is 0 Å². The number of aliphatic hydroxyl groups excluding tert-OH is 1. The van der Waals surface area contributed by atoms with Gasteiger partial charge >= 0.3 is 0 Å². The van der Waals surface area contributed by atoms with Gasteiger partial charge in [-0.3, -0.25) is 4.90 Å². The van der Waals surface area contributed by atoms with E-state index in [0.717, 1.165) is 23.6 Å². The first-order chi connectivity index (χ1) is 10.1. The van der Waals surface area contributed by atoms with Gasteiger partial charge < -0.3 is 5.11 Å². The van der Waals surface area contributed by atoms with Gasteiger partial charge in [-0.15, -0.1) is 11.3 Å². The summed E-state index contributed by atoms with van der Waals surface area (Å²) < 4.78 is 1.20. The van der Waals surface area contributed by atoms with Crippen molar-refractivity contribution < 1.29 is 5.11 Å². The highest BCUT2D eigenvalue weighted by Gasteiger charge is 2.35. The van der Waals surface area contributed by atoms with Crippen molar-refractivity contribution in [3.63, 3.8) is 0 Å². The van der Waals surface area contributed by atoms with Crippen LogP contribution in [0.4, 0.5) is 0 Å². The molecule has 1 aliphatic rings. The lowest BCUT2D eigenvalue weighted by atomic mass is 9.90. The second-order valence-electron chi connectivity index (χ2n) is 6.50. The molecule has 0 radical (unpaired) electrons. The van der Waals surface area contributed by atoms with Gasteiger partial charge in [0.2, 0.25) is 0 Å². The molecule has 1 aromatic heterocycles. The van der Waals surface area contributed by atoms with Gasteiger partial charge in [0.05, 0.1) is 21.3 Å². The summed E-state index contributed by atoms with van der Waals surface area (Å²) in [5, 5.41) is 11.8. The van der Waals surface area contributed by atoms with E-state index in [9.17, 15) is 5.11 Å². The quantitative estimate of drug-likeness (QED) is 0.939. The molecule has 1 N–H and O–H groups in total. The summed E-state index contributed by atoms with van der Waals surface area (Å²) in [7, 11) is 0. The van der Waals surface area contributed by atoms with E-state index in [1.54, 1.807) is 11.3 Å². The average Bonchev–Trinajstić information content (AvgIpc) is 2.90. The zero-order chi connectivity index (χ0) is 14.9. The fourth-order valence-corrected chi connectivity index (χ4v) is 4.11. The second kappa shape index (κ2) is 6.03. The lowest BCUT2D eigenvalue weighted by molar-refractivity contribution is -0.0187. The van der Waals surface area contributed by atoms with Crippen molar-refractivity contribution in [1.82, 2.24) is 9.88 Å². The lowest BCUT2D eigenvalue weighted by Gasteiger charge is -2.43. The van der Waals surface area contributed by atoms with Crippen LogP contribution in [-0.4, -0.2) is 39.7 Å². The standard InChI is InChI=1S/C17H24N2OS/c1-17(2,19-10-6-3-7-11-19)15(20)12-16-18-13-8-4-5-9-14(13)21-16/h4-5,8-9,15,20H,3,6-7,10-12H2,1-2H3. The Hall–Kier alpha value is -0.970. The lowest BCUT2D eigenvalue weighted by Crippen LogP contribution is -2.54. The van der Waals surface area contributed by atoms with Crippen molar-refractivity contribution in [1.29, 1.82) is 0 Å². The first kappa shape index (κ1) is 14.9. The number of likely N-dealkylation sites (tertiary alicyclic amines) is 1. The molecule has 0 bridgehead atoms. The first-order valence-electron chi connectivity index (χ1n) is 7.85. The van der Waals surface area contributed by atoms with Crippen molar-refractivity contribution in [2.45, 2.75) is 51.2 Å². The van der Waals surface area contributed by atoms with Crippen LogP contribution in [0.3, 0.4) is 0 Å². The molecule has 1 saturated heterocycles. The van der Waals surface area contributed by atoms with E-state index in [0.29, 0.717) is 6.42 Å². The predicted molar refractivity (Wildman–Crippen MR) is 88.8 cm³/mol. The third kappa shape index (κ3) is 3.12. The molecule has 2 aromatic rings. The summed E-state index contributed by atoms with van der Waals surface area (Å²) in [5.74, 6) is 0. The number of benzene rings is 1. The summed E-state index contributed by atoms with van der Waals surface area (Å²) in [4.78, 5) is 7.09. The third-order valence-corrected chi connectivity index (χ3v) is 5.75. The fraction of sp³-hybridized carbons (Fsp3) is 0.588. The predicted octanol–water partition coefficient (Wildman–Crippen LogP) is 3.46. The van der Waals surface area contributed by atoms with Crippen LogP contribution in [0.5, 0.6) is 0 Å². The largest absolute Gasteiger partial charge is 0.391 e. The minimum atomic E-state index is -0.379. The molecule has 0 spiro atoms. The topological polar surface area (TPSA) is 36.4 Å². The molecule has 21 heavy (non-hydrogen) atoms. The van der Waals surface area contributed by atoms with Crippen molar-refractivity contribution in [3.8, 4) is 0 Å². The van der Waals surface area contributed by atoms with Crippen molar-refractivity contribution in [3.05, 3.63) is 29.3 Å². The van der Waals surface area contributed by atoms with Gasteiger partial charge in [-0.2, -0.15) is 0 Å². The zero-order valence-corrected chi connectivity index (χ0v) is 13.7. The van der Waals surface area contributed by atoms with E-state index in [-0.39, 0.29) is 11.6 Å². The molecular formula is C17H24N2OS. The molecule has 4 heteroatoms. The summed E-state index contributed by atoms with van der Waals surface area (Å²) >= 11 is 1.70. The second-order valence-corrected chi connectivity index (χ2v) is 7.61. The maximum Gasteiger partial charge on any atom is 0.0965 e. The Bertz CT molecular complexity index is 569. The Balaban J connectivity index is 1.73. The summed E-state index contributed by atoms with van der Waals surface area (Å²) in [6, 6.07) is 8.19. The van der Waals surface area contributed by atoms with Gasteiger partial charge in [-0.1, -0.05) is 18.6 Å². The number of nitrogens with zero attached hydrogens (tertiary/aromatic N) is 2. The van der Waals surface area contributed by atoms with Gasteiger partial charge in [-0.05, 0) is 51.9 Å². The normalized spacial score (nSPS) is 19.0. The van der Waals surface area contributed by atoms with E-state index >= 15 is 0 Å². The van der Waals surface area contributed by atoms with Crippen LogP contribution >= 0.6 is 11.3 Å². The number of piperidine rings is 1. The van der Waals surface area contributed by atoms with Crippen molar-refractivity contribution in [2.75, 3.05) is 13.1 Å². The van der Waals surface area contributed by atoms with Crippen LogP contribution in [0.15, 0.2) is 24.3 Å². The highest BCUT2D eigenvalue weighted by Crippen LogP contribution is 2.28. The number of rotatable bonds is 4. The first-order valence-corrected chi connectivity index (χ1v) is 8.66. The Labute approximate surface area is 130 Å². The van der Waals surface area contributed by atoms with Crippen LogP contribution in [-0.2, 0) is 6.42 Å². The van der Waals surface area contributed by atoms with E-state index in [4.69, 9.17) is 0 Å². The van der Waals surface area contributed by atoms with Crippen LogP contribution < -0.4 is 0 Å². The molecule has 1 aromatic carbocycles. The van der Waals surface area contributed by atoms with E-state index in [1.807, 2.05) is 18.2 Å². The smallest absolute Gasteiger partial charge is 0.0965 e. The number of para-hydroxylation sites is 1. The summed E-state index contributed by atoms with van der Waals surface area (Å²) in [5.41, 5.74) is 0.860. The molecule has 0 aliphatic carbocycles. The Kier molecular flexibility index (Phi) is 4.29. The number of hydrogen-bond donors (Lipinski definition) is 1. The van der Waals surface area contributed by atoms with E-state index in [1.165, 1.54) is 24.0 Å². The minimum absolute atomic E-state index is 0.182. The molecule has 114 valence electrons. The van der Waals surface area contributed by atoms with E-state index < -0.39 is 0 Å². The van der Waals surface area contributed by atoms with Gasteiger partial charge in [0.1, 0.15) is 0 Å². The van der Waals surface area contributed by atoms with Crippen LogP contribution in [0, 0.1) is 0 Å². The molecule has 1 atom stereocenters. The van der Waals surface area contributed by atoms with Crippen LogP contribution in [0.1, 0.15) is 38.1 Å². The number of aromatic nitrogens is 1. The van der Waals surface area contributed by atoms with Gasteiger partial charge in [-0.25, -0.2) is 4.98 Å². The minimum Gasteiger partial charge on any atom is -0.391 e. The van der Waals surface area contributed by atoms with Crippen molar-refractivity contribution in [2.24, 2.45) is 0 Å². The molecular weight excluding hydrogens is 280 g/mol. The molecule has 3 rings (SSSR count). The molecule has 0 saturated carbocycles. The summed E-state index contributed by atoms with van der Waals surface area (Å²) in [6.45, 7) is 6.53. The Morgan fingerprint density at radius 2 is 1.95 bits per heavy atom. The molecule has 2 heterocycles. The average molecular weight is 304 g/mol. The molecule has 0 amide bonds. The Morgan fingerprint density at radius 1 is 1.24 bits per heavy atom. The number of fused-ring (bicyclic) bond motifs is 1. The Morgan fingerprint density at radius 3 is 2.67 bits per heavy atom. The van der Waals surface area contributed by atoms with Crippen LogP contribution in [0.25, 0.3) is 10.2 Å². The zero-order valence-electron chi connectivity index (χ0n) is 12.9. The van der Waals surface area contributed by atoms with Gasteiger partial charge in [0.25, 0.3) is 0 Å². The monoisotopic (exact) mass is 304 g/mol. The molecule has 1 aliphatic heterocycles.